The molecule has 0 saturated heterocycles. The van der Waals surface area contributed by atoms with Gasteiger partial charge in [-0.1, -0.05) is 30.3 Å². The second kappa shape index (κ2) is 12.6. The Morgan fingerprint density at radius 1 is 0.925 bits per heavy atom. The first kappa shape index (κ1) is 26.4. The Bertz CT molecular complexity index is 1570. The smallest absolute Gasteiger partial charge is 0.319 e. The minimum atomic E-state index is -0.351. The Balaban J connectivity index is 1.26. The largest absolute Gasteiger partial charge is 0.497 e. The number of methoxy groups -OCH3 is 1. The highest BCUT2D eigenvalue weighted by atomic mass is 19.1. The number of aromatic nitrogens is 3. The number of urea groups is 1. The maximum atomic E-state index is 13.0. The third-order valence-corrected chi connectivity index (χ3v) is 6.20. The van der Waals surface area contributed by atoms with Crippen LogP contribution in [0, 0.1) is 5.82 Å². The van der Waals surface area contributed by atoms with E-state index in [9.17, 15) is 9.18 Å². The molecular weight excluding hydrogens is 507 g/mol. The summed E-state index contributed by atoms with van der Waals surface area (Å²) in [6.45, 7) is 1.07. The molecule has 5 aromatic rings. The molecule has 2 heterocycles. The summed E-state index contributed by atoms with van der Waals surface area (Å²) in [6.07, 6.45) is 4.47. The number of carbonyl (C=O) groups excluding carboxylic acids is 1. The van der Waals surface area contributed by atoms with Gasteiger partial charge in [-0.05, 0) is 72.6 Å². The molecule has 2 aromatic heterocycles. The molecule has 2 amide bonds. The van der Waals surface area contributed by atoms with Gasteiger partial charge in [-0.3, -0.25) is 0 Å². The molecule has 0 fully saturated rings. The molecule has 3 N–H and O–H groups in total. The Labute approximate surface area is 231 Å². The van der Waals surface area contributed by atoms with E-state index in [1.54, 1.807) is 13.3 Å². The van der Waals surface area contributed by atoms with E-state index < -0.39 is 0 Å². The molecule has 0 aliphatic heterocycles. The van der Waals surface area contributed by atoms with E-state index in [0.29, 0.717) is 25.2 Å². The maximum absolute atomic E-state index is 13.0. The van der Waals surface area contributed by atoms with Crippen molar-refractivity contribution in [3.63, 3.8) is 0 Å². The molecule has 0 saturated carbocycles. The predicted octanol–water partition coefficient (Wildman–Crippen LogP) is 6.37. The fourth-order valence-electron chi connectivity index (χ4n) is 4.19. The molecule has 40 heavy (non-hydrogen) atoms. The van der Waals surface area contributed by atoms with Crippen LogP contribution in [0.25, 0.3) is 28.1 Å². The van der Waals surface area contributed by atoms with Crippen LogP contribution in [-0.2, 0) is 0 Å². The minimum absolute atomic E-state index is 0.341. The molecule has 0 aliphatic carbocycles. The first-order chi connectivity index (χ1) is 19.6. The number of para-hydroxylation sites is 1. The predicted molar refractivity (Wildman–Crippen MR) is 155 cm³/mol. The summed E-state index contributed by atoms with van der Waals surface area (Å²) in [7, 11) is 1.65. The number of halogens is 1. The van der Waals surface area contributed by atoms with Gasteiger partial charge in [-0.2, -0.15) is 5.10 Å². The van der Waals surface area contributed by atoms with Crippen LogP contribution in [0.4, 0.5) is 20.7 Å². The topological polar surface area (TPSA) is 93.1 Å². The molecule has 0 bridgehead atoms. The molecule has 5 rings (SSSR count). The molecule has 0 radical (unpaired) electrons. The average molecular weight is 537 g/mol. The standard InChI is InChI=1S/C31H29FN6O2/c1-40-27-10-5-7-23(19-27)30-28(21-38(37-30)26-8-3-2-4-9-26)22-15-18-34-29(20-22)33-16-6-17-35-31(39)36-25-13-11-24(32)12-14-25/h2-5,7-15,18-21H,6,16-17H2,1H3,(H,33,34)(H2,35,36,39). The van der Waals surface area contributed by atoms with E-state index in [4.69, 9.17) is 9.84 Å². The highest BCUT2D eigenvalue weighted by molar-refractivity contribution is 5.89. The van der Waals surface area contributed by atoms with Crippen LogP contribution in [0.5, 0.6) is 5.75 Å². The van der Waals surface area contributed by atoms with Crippen molar-refractivity contribution in [2.75, 3.05) is 30.8 Å². The molecule has 0 aliphatic rings. The van der Waals surface area contributed by atoms with E-state index in [-0.39, 0.29) is 11.8 Å². The van der Waals surface area contributed by atoms with Crippen LogP contribution in [0.3, 0.4) is 0 Å². The molecular formula is C31H29FN6O2. The third kappa shape index (κ3) is 6.63. The van der Waals surface area contributed by atoms with Crippen molar-refractivity contribution >= 4 is 17.5 Å². The van der Waals surface area contributed by atoms with Gasteiger partial charge in [0.2, 0.25) is 0 Å². The van der Waals surface area contributed by atoms with Crippen LogP contribution in [0.2, 0.25) is 0 Å². The quantitative estimate of drug-likeness (QED) is 0.180. The van der Waals surface area contributed by atoms with Gasteiger partial charge in [-0.15, -0.1) is 0 Å². The number of nitrogens with zero attached hydrogens (tertiary/aromatic N) is 3. The van der Waals surface area contributed by atoms with Gasteiger partial charge in [0.15, 0.2) is 0 Å². The Morgan fingerprint density at radius 2 is 1.75 bits per heavy atom. The number of rotatable bonds is 10. The fourth-order valence-corrected chi connectivity index (χ4v) is 4.19. The van der Waals surface area contributed by atoms with E-state index >= 15 is 0 Å². The van der Waals surface area contributed by atoms with Crippen molar-refractivity contribution in [1.82, 2.24) is 20.1 Å². The van der Waals surface area contributed by atoms with Gasteiger partial charge in [0.25, 0.3) is 0 Å². The van der Waals surface area contributed by atoms with Gasteiger partial charge >= 0.3 is 6.03 Å². The molecule has 0 spiro atoms. The molecule has 0 unspecified atom stereocenters. The molecule has 8 nitrogen and oxygen atoms in total. The van der Waals surface area contributed by atoms with Crippen LogP contribution in [0.15, 0.2) is 103 Å². The van der Waals surface area contributed by atoms with Crippen molar-refractivity contribution in [2.24, 2.45) is 0 Å². The van der Waals surface area contributed by atoms with Gasteiger partial charge in [0, 0.05) is 42.3 Å². The number of carbonyl (C=O) groups is 1. The van der Waals surface area contributed by atoms with E-state index in [2.05, 4.69) is 20.9 Å². The third-order valence-electron chi connectivity index (χ3n) is 6.20. The maximum Gasteiger partial charge on any atom is 0.319 e. The van der Waals surface area contributed by atoms with Crippen molar-refractivity contribution in [2.45, 2.75) is 6.42 Å². The summed E-state index contributed by atoms with van der Waals surface area (Å²) < 4.78 is 20.3. The SMILES string of the molecule is COc1cccc(-c2nn(-c3ccccc3)cc2-c2ccnc(NCCCNC(=O)Nc3ccc(F)cc3)c2)c1. The first-order valence-electron chi connectivity index (χ1n) is 12.9. The number of amides is 2. The minimum Gasteiger partial charge on any atom is -0.497 e. The fraction of sp³-hybridized carbons (Fsp3) is 0.129. The summed E-state index contributed by atoms with van der Waals surface area (Å²) in [5, 5.41) is 13.7. The lowest BCUT2D eigenvalue weighted by Gasteiger charge is -2.10. The van der Waals surface area contributed by atoms with Crippen molar-refractivity contribution in [3.05, 3.63) is 109 Å². The number of ether oxygens (including phenoxy) is 1. The second-order valence-corrected chi connectivity index (χ2v) is 9.00. The van der Waals surface area contributed by atoms with Crippen LogP contribution in [-0.4, -0.2) is 41.0 Å². The van der Waals surface area contributed by atoms with Gasteiger partial charge < -0.3 is 20.7 Å². The summed E-state index contributed by atoms with van der Waals surface area (Å²) in [4.78, 5) is 16.5. The zero-order valence-corrected chi connectivity index (χ0v) is 22.0. The number of hydrogen-bond acceptors (Lipinski definition) is 5. The first-order valence-corrected chi connectivity index (χ1v) is 12.9. The highest BCUT2D eigenvalue weighted by Gasteiger charge is 2.15. The van der Waals surface area contributed by atoms with E-state index in [1.165, 1.54) is 24.3 Å². The monoisotopic (exact) mass is 536 g/mol. The Hall–Kier alpha value is -5.18. The van der Waals surface area contributed by atoms with Crippen molar-refractivity contribution < 1.29 is 13.9 Å². The summed E-state index contributed by atoms with van der Waals surface area (Å²) >= 11 is 0. The summed E-state index contributed by atoms with van der Waals surface area (Å²) in [6, 6.07) is 27.1. The second-order valence-electron chi connectivity index (χ2n) is 9.00. The highest BCUT2D eigenvalue weighted by Crippen LogP contribution is 2.34. The number of hydrogen-bond donors (Lipinski definition) is 3. The number of anilines is 2. The lowest BCUT2D eigenvalue weighted by molar-refractivity contribution is 0.252. The summed E-state index contributed by atoms with van der Waals surface area (Å²) in [5.74, 6) is 1.13. The lowest BCUT2D eigenvalue weighted by Crippen LogP contribution is -2.30. The zero-order valence-electron chi connectivity index (χ0n) is 22.0. The molecule has 202 valence electrons. The molecule has 3 aromatic carbocycles. The van der Waals surface area contributed by atoms with Gasteiger partial charge in [0.05, 0.1) is 12.8 Å². The van der Waals surface area contributed by atoms with Gasteiger partial charge in [0.1, 0.15) is 23.1 Å². The van der Waals surface area contributed by atoms with E-state index in [0.717, 1.165) is 39.6 Å². The van der Waals surface area contributed by atoms with E-state index in [1.807, 2.05) is 77.6 Å². The van der Waals surface area contributed by atoms with Crippen molar-refractivity contribution in [1.29, 1.82) is 0 Å². The Morgan fingerprint density at radius 3 is 2.55 bits per heavy atom. The van der Waals surface area contributed by atoms with Crippen LogP contribution in [0.1, 0.15) is 6.42 Å². The zero-order chi connectivity index (χ0) is 27.7. The average Bonchev–Trinajstić information content (AvgIpc) is 3.45. The normalized spacial score (nSPS) is 10.7. The number of nitrogens with one attached hydrogen (secondary N) is 3. The number of pyridine rings is 1. The van der Waals surface area contributed by atoms with Gasteiger partial charge in [-0.25, -0.2) is 18.9 Å². The number of benzene rings is 3. The lowest BCUT2D eigenvalue weighted by atomic mass is 10.0. The van der Waals surface area contributed by atoms with Crippen LogP contribution < -0.4 is 20.7 Å². The molecule has 9 heteroatoms. The summed E-state index contributed by atoms with van der Waals surface area (Å²) in [5.41, 5.74) is 5.19. The van der Waals surface area contributed by atoms with Crippen molar-refractivity contribution in [3.8, 4) is 33.8 Å². The van der Waals surface area contributed by atoms with Crippen LogP contribution >= 0.6 is 0 Å². The Kier molecular flexibility index (Phi) is 8.31. The molecule has 0 atom stereocenters.